The van der Waals surface area contributed by atoms with Gasteiger partial charge in [0.25, 0.3) is 11.8 Å². The molecule has 2 amide bonds. The van der Waals surface area contributed by atoms with Crippen LogP contribution >= 0.6 is 0 Å². The Hall–Kier alpha value is -1.65. The molecule has 1 saturated carbocycles. The zero-order chi connectivity index (χ0) is 17.2. The van der Waals surface area contributed by atoms with E-state index in [9.17, 15) is 14.4 Å². The second-order valence-corrected chi connectivity index (χ2v) is 6.78. The van der Waals surface area contributed by atoms with Crippen LogP contribution in [-0.2, 0) is 19.1 Å². The summed E-state index contributed by atoms with van der Waals surface area (Å²) >= 11 is 0. The molecule has 0 aromatic heterocycles. The first-order valence-corrected chi connectivity index (χ1v) is 9.40. The van der Waals surface area contributed by atoms with Crippen molar-refractivity contribution in [2.24, 2.45) is 0 Å². The van der Waals surface area contributed by atoms with Crippen molar-refractivity contribution in [3.05, 3.63) is 12.2 Å². The molecule has 0 saturated heterocycles. The molecule has 0 aromatic rings. The van der Waals surface area contributed by atoms with Crippen LogP contribution in [0.15, 0.2) is 12.2 Å². The smallest absolute Gasteiger partial charge is 0.306 e. The maximum Gasteiger partial charge on any atom is 0.306 e. The van der Waals surface area contributed by atoms with Crippen LogP contribution in [0.5, 0.6) is 0 Å². The molecule has 0 radical (unpaired) electrons. The molecule has 1 heterocycles. The van der Waals surface area contributed by atoms with E-state index >= 15 is 0 Å². The lowest BCUT2D eigenvalue weighted by Crippen LogP contribution is -2.31. The molecule has 1 aliphatic carbocycles. The summed E-state index contributed by atoms with van der Waals surface area (Å²) < 4.78 is 5.64. The first-order chi connectivity index (χ1) is 11.7. The first-order valence-electron chi connectivity index (χ1n) is 9.40. The molecule has 134 valence electrons. The number of hydrogen-bond acceptors (Lipinski definition) is 4. The van der Waals surface area contributed by atoms with E-state index in [4.69, 9.17) is 4.74 Å². The molecule has 0 aromatic carbocycles. The monoisotopic (exact) mass is 335 g/mol. The van der Waals surface area contributed by atoms with Crippen molar-refractivity contribution < 1.29 is 19.1 Å². The van der Waals surface area contributed by atoms with Crippen molar-refractivity contribution in [3.63, 3.8) is 0 Å². The van der Waals surface area contributed by atoms with Gasteiger partial charge in [0.05, 0.1) is 0 Å². The predicted octanol–water partition coefficient (Wildman–Crippen LogP) is 3.52. The summed E-state index contributed by atoms with van der Waals surface area (Å²) in [4.78, 5) is 36.1. The summed E-state index contributed by atoms with van der Waals surface area (Å²) in [6.07, 6.45) is 15.1. The van der Waals surface area contributed by atoms with Gasteiger partial charge in [-0.2, -0.15) is 0 Å². The van der Waals surface area contributed by atoms with E-state index in [2.05, 4.69) is 0 Å². The number of imide groups is 1. The highest BCUT2D eigenvalue weighted by atomic mass is 16.5. The van der Waals surface area contributed by atoms with Gasteiger partial charge in [-0.25, -0.2) is 0 Å². The lowest BCUT2D eigenvalue weighted by Gasteiger charge is -2.18. The minimum absolute atomic E-state index is 0.0346. The molecule has 5 nitrogen and oxygen atoms in total. The Morgan fingerprint density at radius 1 is 0.917 bits per heavy atom. The van der Waals surface area contributed by atoms with Crippen LogP contribution in [0.25, 0.3) is 0 Å². The third-order valence-electron chi connectivity index (χ3n) is 4.76. The number of hydrogen-bond donors (Lipinski definition) is 0. The van der Waals surface area contributed by atoms with Crippen LogP contribution in [0, 0.1) is 0 Å². The number of carbonyl (C=O) groups is 3. The van der Waals surface area contributed by atoms with Crippen molar-refractivity contribution in [1.29, 1.82) is 0 Å². The third kappa shape index (κ3) is 6.46. The van der Waals surface area contributed by atoms with Crippen LogP contribution in [0.1, 0.15) is 77.0 Å². The number of ether oxygens (including phenoxy) is 1. The molecule has 2 rings (SSSR count). The summed E-state index contributed by atoms with van der Waals surface area (Å²) in [5, 5.41) is 0. The summed E-state index contributed by atoms with van der Waals surface area (Å²) in [6, 6.07) is 0. The zero-order valence-corrected chi connectivity index (χ0v) is 14.5. The van der Waals surface area contributed by atoms with E-state index in [0.29, 0.717) is 6.42 Å². The predicted molar refractivity (Wildman–Crippen MR) is 91.1 cm³/mol. The number of nitrogens with zero attached hydrogens (tertiary/aromatic N) is 1. The Morgan fingerprint density at radius 3 is 1.96 bits per heavy atom. The molecule has 0 atom stereocenters. The highest BCUT2D eigenvalue weighted by molar-refractivity contribution is 6.12. The van der Waals surface area contributed by atoms with Gasteiger partial charge in [0.15, 0.2) is 0 Å². The first kappa shape index (κ1) is 18.7. The molecule has 0 bridgehead atoms. The Morgan fingerprint density at radius 2 is 1.42 bits per heavy atom. The van der Waals surface area contributed by atoms with Gasteiger partial charge >= 0.3 is 5.97 Å². The SMILES string of the molecule is O=C(CCCN1C(=O)C=CC1=O)OC1CCCCCCCCCC1. The van der Waals surface area contributed by atoms with Gasteiger partial charge in [-0.3, -0.25) is 19.3 Å². The van der Waals surface area contributed by atoms with Gasteiger partial charge in [0, 0.05) is 25.1 Å². The normalized spacial score (nSPS) is 20.9. The lowest BCUT2D eigenvalue weighted by molar-refractivity contribution is -0.150. The van der Waals surface area contributed by atoms with Crippen molar-refractivity contribution in [2.75, 3.05) is 6.54 Å². The molecule has 2 aliphatic rings. The zero-order valence-electron chi connectivity index (χ0n) is 14.5. The molecule has 0 spiro atoms. The fourth-order valence-corrected chi connectivity index (χ4v) is 3.34. The van der Waals surface area contributed by atoms with Crippen molar-refractivity contribution in [2.45, 2.75) is 83.2 Å². The summed E-state index contributed by atoms with van der Waals surface area (Å²) in [7, 11) is 0. The van der Waals surface area contributed by atoms with Gasteiger partial charge < -0.3 is 4.74 Å². The van der Waals surface area contributed by atoms with Crippen LogP contribution in [-0.4, -0.2) is 35.3 Å². The van der Waals surface area contributed by atoms with E-state index in [0.717, 1.165) is 25.7 Å². The highest BCUT2D eigenvalue weighted by Gasteiger charge is 2.23. The van der Waals surface area contributed by atoms with Crippen molar-refractivity contribution >= 4 is 17.8 Å². The van der Waals surface area contributed by atoms with Gasteiger partial charge in [-0.1, -0.05) is 38.5 Å². The minimum Gasteiger partial charge on any atom is -0.462 e. The molecule has 0 N–H and O–H groups in total. The quantitative estimate of drug-likeness (QED) is 0.569. The molecular weight excluding hydrogens is 306 g/mol. The van der Waals surface area contributed by atoms with Crippen molar-refractivity contribution in [3.8, 4) is 0 Å². The van der Waals surface area contributed by atoms with E-state index in [1.54, 1.807) is 0 Å². The maximum absolute atomic E-state index is 12.0. The second-order valence-electron chi connectivity index (χ2n) is 6.78. The third-order valence-corrected chi connectivity index (χ3v) is 4.76. The van der Waals surface area contributed by atoms with Crippen LogP contribution in [0.4, 0.5) is 0 Å². The van der Waals surface area contributed by atoms with E-state index in [-0.39, 0.29) is 36.9 Å². The molecular formula is C19H29NO4. The molecule has 1 fully saturated rings. The molecule has 1 aliphatic heterocycles. The summed E-state index contributed by atoms with van der Waals surface area (Å²) in [6.45, 7) is 0.282. The van der Waals surface area contributed by atoms with Gasteiger partial charge in [0.1, 0.15) is 6.10 Å². The Balaban J connectivity index is 1.67. The van der Waals surface area contributed by atoms with Crippen LogP contribution in [0.2, 0.25) is 0 Å². The summed E-state index contributed by atoms with van der Waals surface area (Å²) in [5.41, 5.74) is 0. The molecule has 24 heavy (non-hydrogen) atoms. The van der Waals surface area contributed by atoms with E-state index < -0.39 is 0 Å². The average Bonchev–Trinajstić information content (AvgIpc) is 2.84. The highest BCUT2D eigenvalue weighted by Crippen LogP contribution is 2.19. The maximum atomic E-state index is 12.0. The Kier molecular flexibility index (Phi) is 7.99. The Bertz CT molecular complexity index is 442. The van der Waals surface area contributed by atoms with E-state index in [1.807, 2.05) is 0 Å². The topological polar surface area (TPSA) is 63.7 Å². The number of rotatable bonds is 5. The standard InChI is InChI=1S/C19H29NO4/c21-17-13-14-18(22)20(17)15-9-12-19(23)24-16-10-7-5-3-1-2-4-6-8-11-16/h13-14,16H,1-12,15H2. The largest absolute Gasteiger partial charge is 0.462 e. The average molecular weight is 335 g/mol. The van der Waals surface area contributed by atoms with Gasteiger partial charge in [0.2, 0.25) is 0 Å². The van der Waals surface area contributed by atoms with Gasteiger partial charge in [-0.05, 0) is 32.1 Å². The number of esters is 1. The Labute approximate surface area is 144 Å². The molecule has 0 unspecified atom stereocenters. The molecule has 5 heteroatoms. The van der Waals surface area contributed by atoms with Gasteiger partial charge in [-0.15, -0.1) is 0 Å². The summed E-state index contributed by atoms with van der Waals surface area (Å²) in [5.74, 6) is -0.796. The van der Waals surface area contributed by atoms with Crippen LogP contribution in [0.3, 0.4) is 0 Å². The fraction of sp³-hybridized carbons (Fsp3) is 0.737. The van der Waals surface area contributed by atoms with Crippen molar-refractivity contribution in [1.82, 2.24) is 4.90 Å². The lowest BCUT2D eigenvalue weighted by atomic mass is 10.1. The second kappa shape index (κ2) is 10.3. The van der Waals surface area contributed by atoms with Crippen LogP contribution < -0.4 is 0 Å². The number of carbonyl (C=O) groups excluding carboxylic acids is 3. The number of amides is 2. The fourth-order valence-electron chi connectivity index (χ4n) is 3.34. The minimum atomic E-state index is -0.295. The van der Waals surface area contributed by atoms with E-state index in [1.165, 1.54) is 55.6 Å².